The topological polar surface area (TPSA) is 85.8 Å². The number of hydrogen-bond donors (Lipinski definition) is 2. The van der Waals surface area contributed by atoms with Gasteiger partial charge in [-0.3, -0.25) is 4.79 Å². The Labute approximate surface area is 76.1 Å². The van der Waals surface area contributed by atoms with Crippen LogP contribution in [0.2, 0.25) is 0 Å². The van der Waals surface area contributed by atoms with Gasteiger partial charge in [-0.05, 0) is 6.92 Å². The third-order valence-corrected chi connectivity index (χ3v) is 1.40. The predicted molar refractivity (Wildman–Crippen MR) is 46.7 cm³/mol. The molecule has 0 fully saturated rings. The standard InChI is InChI=1S/C7H13N5O/c1-6(8)4-9-7(13)5-12-3-2-10-11-12/h2-3,6H,4-5,8H2,1H3,(H,9,13). The largest absolute Gasteiger partial charge is 0.353 e. The summed E-state index contributed by atoms with van der Waals surface area (Å²) in [6, 6.07) is -0.0281. The van der Waals surface area contributed by atoms with Gasteiger partial charge in [-0.25, -0.2) is 4.68 Å². The Balaban J connectivity index is 2.26. The van der Waals surface area contributed by atoms with E-state index in [2.05, 4.69) is 15.6 Å². The molecular formula is C7H13N5O. The lowest BCUT2D eigenvalue weighted by atomic mass is 10.3. The van der Waals surface area contributed by atoms with Crippen LogP contribution in [-0.2, 0) is 11.3 Å². The van der Waals surface area contributed by atoms with Crippen LogP contribution in [0, 0.1) is 0 Å². The van der Waals surface area contributed by atoms with Gasteiger partial charge in [0, 0.05) is 18.8 Å². The molecule has 1 rings (SSSR count). The highest BCUT2D eigenvalue weighted by molar-refractivity contribution is 5.75. The van der Waals surface area contributed by atoms with E-state index < -0.39 is 0 Å². The van der Waals surface area contributed by atoms with Crippen molar-refractivity contribution in [3.63, 3.8) is 0 Å². The number of carbonyl (C=O) groups excluding carboxylic acids is 1. The van der Waals surface area contributed by atoms with E-state index in [1.807, 2.05) is 6.92 Å². The number of nitrogens with zero attached hydrogens (tertiary/aromatic N) is 3. The number of carbonyl (C=O) groups is 1. The molecule has 1 amide bonds. The fraction of sp³-hybridized carbons (Fsp3) is 0.571. The smallest absolute Gasteiger partial charge is 0.241 e. The second-order valence-electron chi connectivity index (χ2n) is 2.88. The summed E-state index contributed by atoms with van der Waals surface area (Å²) in [4.78, 5) is 11.2. The van der Waals surface area contributed by atoms with Gasteiger partial charge in [-0.15, -0.1) is 5.10 Å². The van der Waals surface area contributed by atoms with Crippen molar-refractivity contribution in [2.75, 3.05) is 6.54 Å². The number of hydrogen-bond acceptors (Lipinski definition) is 4. The summed E-state index contributed by atoms with van der Waals surface area (Å²) in [6.07, 6.45) is 3.16. The molecule has 0 spiro atoms. The number of amides is 1. The molecule has 0 aliphatic carbocycles. The van der Waals surface area contributed by atoms with E-state index >= 15 is 0 Å². The first kappa shape index (κ1) is 9.66. The average molecular weight is 183 g/mol. The first-order valence-electron chi connectivity index (χ1n) is 4.05. The summed E-state index contributed by atoms with van der Waals surface area (Å²) in [5.74, 6) is -0.109. The maximum absolute atomic E-state index is 11.2. The monoisotopic (exact) mass is 183 g/mol. The minimum absolute atomic E-state index is 0.0281. The average Bonchev–Trinajstić information content (AvgIpc) is 2.53. The first-order chi connectivity index (χ1) is 6.18. The van der Waals surface area contributed by atoms with Gasteiger partial charge < -0.3 is 11.1 Å². The van der Waals surface area contributed by atoms with Crippen LogP contribution in [0.5, 0.6) is 0 Å². The number of rotatable bonds is 4. The van der Waals surface area contributed by atoms with Crippen molar-refractivity contribution in [1.29, 1.82) is 0 Å². The minimum Gasteiger partial charge on any atom is -0.353 e. The Bertz CT molecular complexity index is 256. The molecule has 0 saturated carbocycles. The van der Waals surface area contributed by atoms with E-state index in [9.17, 15) is 4.79 Å². The highest BCUT2D eigenvalue weighted by Crippen LogP contribution is 1.81. The van der Waals surface area contributed by atoms with Crippen LogP contribution in [0.15, 0.2) is 12.4 Å². The van der Waals surface area contributed by atoms with Gasteiger partial charge in [0.25, 0.3) is 0 Å². The summed E-state index contributed by atoms with van der Waals surface area (Å²) in [7, 11) is 0. The molecule has 0 bridgehead atoms. The van der Waals surface area contributed by atoms with Crippen LogP contribution in [0.25, 0.3) is 0 Å². The fourth-order valence-corrected chi connectivity index (χ4v) is 0.795. The molecule has 1 heterocycles. The van der Waals surface area contributed by atoms with Crippen molar-refractivity contribution in [2.24, 2.45) is 5.73 Å². The van der Waals surface area contributed by atoms with Gasteiger partial charge in [-0.1, -0.05) is 5.21 Å². The van der Waals surface area contributed by atoms with Crippen molar-refractivity contribution < 1.29 is 4.79 Å². The molecule has 72 valence electrons. The normalized spacial score (nSPS) is 12.5. The van der Waals surface area contributed by atoms with Gasteiger partial charge in [0.15, 0.2) is 0 Å². The zero-order chi connectivity index (χ0) is 9.68. The van der Waals surface area contributed by atoms with Crippen molar-refractivity contribution in [3.05, 3.63) is 12.4 Å². The van der Waals surface area contributed by atoms with E-state index in [-0.39, 0.29) is 18.5 Å². The Morgan fingerprint density at radius 2 is 2.54 bits per heavy atom. The molecule has 1 aromatic heterocycles. The maximum Gasteiger partial charge on any atom is 0.241 e. The van der Waals surface area contributed by atoms with Gasteiger partial charge in [0.2, 0.25) is 5.91 Å². The van der Waals surface area contributed by atoms with Crippen LogP contribution in [0.1, 0.15) is 6.92 Å². The quantitative estimate of drug-likeness (QED) is 0.610. The van der Waals surface area contributed by atoms with Crippen LogP contribution >= 0.6 is 0 Å². The Kier molecular flexibility index (Phi) is 3.39. The molecule has 13 heavy (non-hydrogen) atoms. The summed E-state index contributed by atoms with van der Waals surface area (Å²) in [5, 5.41) is 9.90. The second-order valence-corrected chi connectivity index (χ2v) is 2.88. The molecular weight excluding hydrogens is 170 g/mol. The third kappa shape index (κ3) is 3.66. The van der Waals surface area contributed by atoms with Crippen LogP contribution in [0.4, 0.5) is 0 Å². The lowest BCUT2D eigenvalue weighted by Gasteiger charge is -2.06. The Morgan fingerprint density at radius 1 is 1.77 bits per heavy atom. The second kappa shape index (κ2) is 4.56. The van der Waals surface area contributed by atoms with Crippen molar-refractivity contribution in [2.45, 2.75) is 19.5 Å². The highest BCUT2D eigenvalue weighted by Gasteiger charge is 2.03. The van der Waals surface area contributed by atoms with Gasteiger partial charge in [0.1, 0.15) is 6.54 Å². The molecule has 3 N–H and O–H groups in total. The van der Waals surface area contributed by atoms with Crippen molar-refractivity contribution in [3.8, 4) is 0 Å². The molecule has 0 aromatic carbocycles. The number of nitrogens with one attached hydrogen (secondary N) is 1. The number of aromatic nitrogens is 3. The Hall–Kier alpha value is -1.43. The van der Waals surface area contributed by atoms with E-state index in [4.69, 9.17) is 5.73 Å². The van der Waals surface area contributed by atoms with E-state index in [1.165, 1.54) is 10.9 Å². The fourth-order valence-electron chi connectivity index (χ4n) is 0.795. The summed E-state index contributed by atoms with van der Waals surface area (Å²) < 4.78 is 1.45. The molecule has 6 heteroatoms. The lowest BCUT2D eigenvalue weighted by molar-refractivity contribution is -0.121. The first-order valence-corrected chi connectivity index (χ1v) is 4.05. The molecule has 0 saturated heterocycles. The van der Waals surface area contributed by atoms with Crippen molar-refractivity contribution >= 4 is 5.91 Å². The molecule has 0 radical (unpaired) electrons. The lowest BCUT2D eigenvalue weighted by Crippen LogP contribution is -2.37. The van der Waals surface area contributed by atoms with Gasteiger partial charge in [0.05, 0.1) is 6.20 Å². The van der Waals surface area contributed by atoms with E-state index in [1.54, 1.807) is 6.20 Å². The predicted octanol–water partition coefficient (Wildman–Crippen LogP) is -1.26. The maximum atomic E-state index is 11.2. The minimum atomic E-state index is -0.109. The zero-order valence-electron chi connectivity index (χ0n) is 7.47. The van der Waals surface area contributed by atoms with E-state index in [0.717, 1.165) is 0 Å². The molecule has 1 atom stereocenters. The number of nitrogens with two attached hydrogens (primary N) is 1. The van der Waals surface area contributed by atoms with Gasteiger partial charge in [-0.2, -0.15) is 0 Å². The molecule has 1 aromatic rings. The molecule has 1 unspecified atom stereocenters. The van der Waals surface area contributed by atoms with Crippen molar-refractivity contribution in [1.82, 2.24) is 20.3 Å². The van der Waals surface area contributed by atoms with E-state index in [0.29, 0.717) is 6.54 Å². The van der Waals surface area contributed by atoms with Crippen LogP contribution in [0.3, 0.4) is 0 Å². The SMILES string of the molecule is CC(N)CNC(=O)Cn1ccnn1. The zero-order valence-corrected chi connectivity index (χ0v) is 7.47. The molecule has 6 nitrogen and oxygen atoms in total. The third-order valence-electron chi connectivity index (χ3n) is 1.40. The summed E-state index contributed by atoms with van der Waals surface area (Å²) >= 11 is 0. The highest BCUT2D eigenvalue weighted by atomic mass is 16.2. The Morgan fingerprint density at radius 3 is 3.08 bits per heavy atom. The summed E-state index contributed by atoms with van der Waals surface area (Å²) in [5.41, 5.74) is 5.46. The molecule has 0 aliphatic rings. The van der Waals surface area contributed by atoms with Crippen LogP contribution in [-0.4, -0.2) is 33.5 Å². The summed E-state index contributed by atoms with van der Waals surface area (Å²) in [6.45, 7) is 2.50. The molecule has 0 aliphatic heterocycles. The van der Waals surface area contributed by atoms with Crippen LogP contribution < -0.4 is 11.1 Å². The van der Waals surface area contributed by atoms with Gasteiger partial charge >= 0.3 is 0 Å².